The molecule has 0 aliphatic carbocycles. The number of nitrogens with one attached hydrogen (secondary N) is 1. The number of aryl methyl sites for hydroxylation is 2. The predicted molar refractivity (Wildman–Crippen MR) is 65.1 cm³/mol. The summed E-state index contributed by atoms with van der Waals surface area (Å²) in [5.41, 5.74) is 1.99. The fraction of sp³-hybridized carbons (Fsp3) is 0.545. The van der Waals surface area contributed by atoms with Crippen molar-refractivity contribution in [1.29, 1.82) is 0 Å². The Kier molecular flexibility index (Phi) is 14.0. The number of aromatic nitrogens is 4. The van der Waals surface area contributed by atoms with Crippen molar-refractivity contribution in [2.24, 2.45) is 0 Å². The zero-order valence-electron chi connectivity index (χ0n) is 11.0. The standard InChI is InChI=1S/C4H5NO.C3H5N3.2C2H6/c1-4-2-5-6-3-4;1-3-2-4-6-5-3;2*1-2/h2-3H,1H3;2H,1H3,(H,4,5,6);2*1-2H3. The van der Waals surface area contributed by atoms with E-state index in [1.165, 1.54) is 0 Å². The second-order valence-corrected chi connectivity index (χ2v) is 2.31. The zero-order chi connectivity index (χ0) is 12.8. The van der Waals surface area contributed by atoms with Crippen molar-refractivity contribution < 1.29 is 4.52 Å². The predicted octanol–water partition coefficient (Wildman–Crippen LogP) is 3.15. The number of hydrogen-bond acceptors (Lipinski definition) is 4. The molecule has 2 rings (SSSR count). The molecule has 0 amide bonds. The molecule has 0 spiro atoms. The molecule has 0 aromatic carbocycles. The minimum atomic E-state index is 0.926. The maximum absolute atomic E-state index is 4.46. The summed E-state index contributed by atoms with van der Waals surface area (Å²) >= 11 is 0. The Morgan fingerprint density at radius 1 is 1.06 bits per heavy atom. The van der Waals surface area contributed by atoms with E-state index in [1.807, 2.05) is 41.5 Å². The summed E-state index contributed by atoms with van der Waals surface area (Å²) in [6.45, 7) is 11.8. The Hall–Kier alpha value is -1.65. The molecule has 0 saturated heterocycles. The van der Waals surface area contributed by atoms with Crippen LogP contribution in [0.5, 0.6) is 0 Å². The van der Waals surface area contributed by atoms with Crippen molar-refractivity contribution in [3.63, 3.8) is 0 Å². The van der Waals surface area contributed by atoms with E-state index in [1.54, 1.807) is 18.7 Å². The lowest BCUT2D eigenvalue weighted by Crippen LogP contribution is -1.66. The molecule has 2 heterocycles. The first-order valence-corrected chi connectivity index (χ1v) is 5.47. The van der Waals surface area contributed by atoms with Crippen LogP contribution in [0.25, 0.3) is 0 Å². The monoisotopic (exact) mass is 226 g/mol. The minimum absolute atomic E-state index is 0.926. The molecule has 5 heteroatoms. The van der Waals surface area contributed by atoms with Crippen LogP contribution in [-0.4, -0.2) is 20.6 Å². The summed E-state index contributed by atoms with van der Waals surface area (Å²) in [5, 5.41) is 13.1. The van der Waals surface area contributed by atoms with Crippen LogP contribution in [0.1, 0.15) is 39.0 Å². The van der Waals surface area contributed by atoms with Crippen LogP contribution in [0.2, 0.25) is 0 Å². The number of nitrogens with zero attached hydrogens (tertiary/aromatic N) is 3. The number of rotatable bonds is 0. The van der Waals surface area contributed by atoms with Crippen molar-refractivity contribution in [3.8, 4) is 0 Å². The Morgan fingerprint density at radius 2 is 1.69 bits per heavy atom. The normalized spacial score (nSPS) is 7.38. The second kappa shape index (κ2) is 13.4. The Labute approximate surface area is 97.2 Å². The van der Waals surface area contributed by atoms with Crippen LogP contribution >= 0.6 is 0 Å². The molecule has 0 saturated carbocycles. The first-order chi connectivity index (χ1) is 7.79. The van der Waals surface area contributed by atoms with Crippen LogP contribution in [0.15, 0.2) is 23.2 Å². The molecular formula is C11H22N4O. The van der Waals surface area contributed by atoms with Crippen molar-refractivity contribution in [3.05, 3.63) is 29.9 Å². The number of hydrogen-bond donors (Lipinski definition) is 1. The molecule has 16 heavy (non-hydrogen) atoms. The molecule has 92 valence electrons. The lowest BCUT2D eigenvalue weighted by Gasteiger charge is -1.62. The van der Waals surface area contributed by atoms with Crippen LogP contribution < -0.4 is 0 Å². The van der Waals surface area contributed by atoms with Crippen LogP contribution in [0.3, 0.4) is 0 Å². The van der Waals surface area contributed by atoms with Gasteiger partial charge in [-0.1, -0.05) is 32.9 Å². The highest BCUT2D eigenvalue weighted by molar-refractivity contribution is 4.94. The highest BCUT2D eigenvalue weighted by Crippen LogP contribution is 1.88. The van der Waals surface area contributed by atoms with Crippen LogP contribution in [0.4, 0.5) is 0 Å². The molecule has 5 nitrogen and oxygen atoms in total. The smallest absolute Gasteiger partial charge is 0.126 e. The third-order valence-electron chi connectivity index (χ3n) is 1.09. The van der Waals surface area contributed by atoms with E-state index in [9.17, 15) is 0 Å². The van der Waals surface area contributed by atoms with Gasteiger partial charge < -0.3 is 4.52 Å². The lowest BCUT2D eigenvalue weighted by atomic mass is 10.4. The summed E-state index contributed by atoms with van der Waals surface area (Å²) in [4.78, 5) is 0. The van der Waals surface area contributed by atoms with Gasteiger partial charge in [-0.05, 0) is 13.8 Å². The minimum Gasteiger partial charge on any atom is -0.365 e. The molecule has 0 unspecified atom stereocenters. The molecule has 2 aromatic rings. The van der Waals surface area contributed by atoms with E-state index in [2.05, 4.69) is 25.1 Å². The summed E-state index contributed by atoms with van der Waals surface area (Å²) < 4.78 is 4.46. The van der Waals surface area contributed by atoms with Gasteiger partial charge in [-0.2, -0.15) is 15.4 Å². The van der Waals surface area contributed by atoms with E-state index in [0.717, 1.165) is 11.3 Å². The largest absolute Gasteiger partial charge is 0.365 e. The molecule has 0 fully saturated rings. The first kappa shape index (κ1) is 16.8. The van der Waals surface area contributed by atoms with Gasteiger partial charge in [0, 0.05) is 5.56 Å². The lowest BCUT2D eigenvalue weighted by molar-refractivity contribution is 0.419. The maximum Gasteiger partial charge on any atom is 0.126 e. The fourth-order valence-electron chi connectivity index (χ4n) is 0.516. The summed E-state index contributed by atoms with van der Waals surface area (Å²) in [6.07, 6.45) is 4.93. The molecule has 0 atom stereocenters. The molecule has 2 aromatic heterocycles. The summed E-state index contributed by atoms with van der Waals surface area (Å²) in [6, 6.07) is 0. The van der Waals surface area contributed by atoms with Crippen molar-refractivity contribution in [1.82, 2.24) is 20.6 Å². The molecule has 0 bridgehead atoms. The molecule has 0 aliphatic rings. The fourth-order valence-corrected chi connectivity index (χ4v) is 0.516. The van der Waals surface area contributed by atoms with Gasteiger partial charge in [-0.15, -0.1) is 0 Å². The highest BCUT2D eigenvalue weighted by Gasteiger charge is 1.78. The van der Waals surface area contributed by atoms with E-state index in [0.29, 0.717) is 0 Å². The van der Waals surface area contributed by atoms with Crippen molar-refractivity contribution in [2.45, 2.75) is 41.5 Å². The first-order valence-electron chi connectivity index (χ1n) is 5.47. The van der Waals surface area contributed by atoms with Gasteiger partial charge in [0.1, 0.15) is 6.26 Å². The SMILES string of the molecule is CC.CC.Cc1cn[nH]n1.Cc1cnoc1. The molecule has 1 N–H and O–H groups in total. The number of aromatic amines is 1. The average Bonchev–Trinajstić information content (AvgIpc) is 2.98. The zero-order valence-corrected chi connectivity index (χ0v) is 11.0. The van der Waals surface area contributed by atoms with Gasteiger partial charge >= 0.3 is 0 Å². The molecular weight excluding hydrogens is 204 g/mol. The highest BCUT2D eigenvalue weighted by atomic mass is 16.5. The van der Waals surface area contributed by atoms with Crippen LogP contribution in [-0.2, 0) is 0 Å². The Balaban J connectivity index is 0. The van der Waals surface area contributed by atoms with Gasteiger partial charge in [0.2, 0.25) is 0 Å². The van der Waals surface area contributed by atoms with E-state index >= 15 is 0 Å². The topological polar surface area (TPSA) is 67.6 Å². The van der Waals surface area contributed by atoms with E-state index in [-0.39, 0.29) is 0 Å². The second-order valence-electron chi connectivity index (χ2n) is 2.31. The quantitative estimate of drug-likeness (QED) is 0.749. The van der Waals surface area contributed by atoms with Crippen molar-refractivity contribution in [2.75, 3.05) is 0 Å². The summed E-state index contributed by atoms with van der Waals surface area (Å²) in [5.74, 6) is 0. The third-order valence-corrected chi connectivity index (χ3v) is 1.09. The van der Waals surface area contributed by atoms with E-state index < -0.39 is 0 Å². The summed E-state index contributed by atoms with van der Waals surface area (Å²) in [7, 11) is 0. The third kappa shape index (κ3) is 10.4. The Bertz CT molecular complexity index is 257. The van der Waals surface area contributed by atoms with Crippen LogP contribution in [0, 0.1) is 13.8 Å². The molecule has 0 radical (unpaired) electrons. The van der Waals surface area contributed by atoms with Gasteiger partial charge in [0.25, 0.3) is 0 Å². The van der Waals surface area contributed by atoms with Crippen molar-refractivity contribution >= 4 is 0 Å². The van der Waals surface area contributed by atoms with Gasteiger partial charge in [0.15, 0.2) is 0 Å². The van der Waals surface area contributed by atoms with E-state index in [4.69, 9.17) is 0 Å². The maximum atomic E-state index is 4.46. The van der Waals surface area contributed by atoms with Gasteiger partial charge in [-0.3, -0.25) is 0 Å². The Morgan fingerprint density at radius 3 is 1.81 bits per heavy atom. The molecule has 0 aliphatic heterocycles. The average molecular weight is 226 g/mol. The van der Waals surface area contributed by atoms with Gasteiger partial charge in [-0.25, -0.2) is 0 Å². The number of H-pyrrole nitrogens is 1. The van der Waals surface area contributed by atoms with Gasteiger partial charge in [0.05, 0.1) is 18.1 Å².